The quantitative estimate of drug-likeness (QED) is 0.409. The van der Waals surface area contributed by atoms with E-state index >= 15 is 0 Å². The molecule has 0 aliphatic heterocycles. The second-order valence-corrected chi connectivity index (χ2v) is 9.04. The Hall–Kier alpha value is -2.97. The number of ether oxygens (including phenoxy) is 1. The number of carbonyl (C=O) groups excluding carboxylic acids is 1. The lowest BCUT2D eigenvalue weighted by molar-refractivity contribution is -0.141. The Kier molecular flexibility index (Phi) is 7.94. The highest BCUT2D eigenvalue weighted by Gasteiger charge is 2.33. The van der Waals surface area contributed by atoms with Gasteiger partial charge in [-0.25, -0.2) is 19.3 Å². The molecule has 14 heteroatoms. The fourth-order valence-electron chi connectivity index (χ4n) is 3.33. The van der Waals surface area contributed by atoms with Crippen molar-refractivity contribution in [2.45, 2.75) is 51.1 Å². The number of nitrogens with one attached hydrogen (secondary N) is 3. The fraction of sp³-hybridized carbons (Fsp3) is 0.400. The molecule has 1 heterocycles. The first kappa shape index (κ1) is 25.6. The second kappa shape index (κ2) is 10.5. The molecule has 9 nitrogen and oxygen atoms in total. The minimum atomic E-state index is -4.64. The summed E-state index contributed by atoms with van der Waals surface area (Å²) >= 11 is 0. The molecule has 1 aromatic carbocycles. The average Bonchev–Trinajstić information content (AvgIpc) is 3.24. The van der Waals surface area contributed by atoms with Gasteiger partial charge in [-0.15, -0.1) is 0 Å². The molecular weight excluding hydrogens is 482 g/mol. The van der Waals surface area contributed by atoms with Gasteiger partial charge >= 0.3 is 12.2 Å². The lowest BCUT2D eigenvalue weighted by Gasteiger charge is -2.17. The molecule has 1 aliphatic carbocycles. The van der Waals surface area contributed by atoms with Crippen LogP contribution in [0.15, 0.2) is 30.3 Å². The van der Waals surface area contributed by atoms with Gasteiger partial charge in [0.25, 0.3) is 10.2 Å². The van der Waals surface area contributed by atoms with Gasteiger partial charge in [0, 0.05) is 29.9 Å². The van der Waals surface area contributed by atoms with Crippen LogP contribution in [0.1, 0.15) is 42.5 Å². The summed E-state index contributed by atoms with van der Waals surface area (Å²) in [7, 11) is -4.00. The Bertz CT molecular complexity index is 1140. The third kappa shape index (κ3) is 7.53. The van der Waals surface area contributed by atoms with Gasteiger partial charge in [0.05, 0.1) is 0 Å². The van der Waals surface area contributed by atoms with Crippen molar-refractivity contribution in [3.8, 4) is 5.88 Å². The van der Waals surface area contributed by atoms with Crippen LogP contribution in [0.4, 0.5) is 28.0 Å². The largest absolute Gasteiger partial charge is 0.474 e. The van der Waals surface area contributed by atoms with E-state index in [0.29, 0.717) is 12.8 Å². The molecule has 2 amide bonds. The van der Waals surface area contributed by atoms with E-state index in [2.05, 4.69) is 15.6 Å². The summed E-state index contributed by atoms with van der Waals surface area (Å²) in [5.74, 6) is -0.979. The van der Waals surface area contributed by atoms with Crippen molar-refractivity contribution in [3.05, 3.63) is 53.0 Å². The van der Waals surface area contributed by atoms with Crippen LogP contribution in [-0.4, -0.2) is 25.5 Å². The standard InChI is InChI=1S/C20H23F4N5O4S/c21-16-9-14(7-5-12(16)11-27-34(25,31)32)28-19(30)26-10-13-6-8-17(20(22,23)24)29-18(13)33-15-3-1-2-4-15/h5-9,15,27H,1-4,10-11H2,(H2,25,31,32)(H2,26,28,30). The zero-order valence-corrected chi connectivity index (χ0v) is 18.6. The first-order chi connectivity index (χ1) is 15.9. The molecule has 0 spiro atoms. The molecule has 0 bridgehead atoms. The van der Waals surface area contributed by atoms with Gasteiger partial charge in [0.1, 0.15) is 17.6 Å². The number of urea groups is 1. The topological polar surface area (TPSA) is 135 Å². The Labute approximate surface area is 193 Å². The van der Waals surface area contributed by atoms with E-state index in [1.165, 1.54) is 18.2 Å². The summed E-state index contributed by atoms with van der Waals surface area (Å²) in [6, 6.07) is 4.83. The van der Waals surface area contributed by atoms with Crippen LogP contribution in [-0.2, 0) is 29.5 Å². The van der Waals surface area contributed by atoms with Gasteiger partial charge in [-0.2, -0.15) is 26.3 Å². The molecule has 0 unspecified atom stereocenters. The summed E-state index contributed by atoms with van der Waals surface area (Å²) in [5, 5.41) is 9.65. The van der Waals surface area contributed by atoms with Gasteiger partial charge in [0.15, 0.2) is 0 Å². The maximum Gasteiger partial charge on any atom is 0.433 e. The maximum atomic E-state index is 14.1. The van der Waals surface area contributed by atoms with E-state index in [4.69, 9.17) is 9.88 Å². The van der Waals surface area contributed by atoms with Crippen molar-refractivity contribution in [1.82, 2.24) is 15.0 Å². The summed E-state index contributed by atoms with van der Waals surface area (Å²) in [6.07, 6.45) is -1.65. The lowest BCUT2D eigenvalue weighted by atomic mass is 10.2. The number of amides is 2. The van der Waals surface area contributed by atoms with Gasteiger partial charge < -0.3 is 15.4 Å². The molecule has 186 valence electrons. The molecule has 5 N–H and O–H groups in total. The predicted octanol–water partition coefficient (Wildman–Crippen LogP) is 3.18. The molecular formula is C20H23F4N5O4S. The third-order valence-electron chi connectivity index (χ3n) is 5.02. The van der Waals surface area contributed by atoms with Crippen molar-refractivity contribution in [2.24, 2.45) is 5.14 Å². The molecule has 2 aromatic rings. The number of nitrogens with two attached hydrogens (primary N) is 1. The summed E-state index contributed by atoms with van der Waals surface area (Å²) in [4.78, 5) is 15.8. The number of carbonyl (C=O) groups is 1. The van der Waals surface area contributed by atoms with Crippen LogP contribution in [0.3, 0.4) is 0 Å². The normalized spacial score (nSPS) is 14.7. The number of nitrogens with zero attached hydrogens (tertiary/aromatic N) is 1. The average molecular weight is 505 g/mol. The second-order valence-electron chi connectivity index (χ2n) is 7.66. The minimum absolute atomic E-state index is 0.00418. The van der Waals surface area contributed by atoms with E-state index in [0.717, 1.165) is 25.0 Å². The number of anilines is 1. The van der Waals surface area contributed by atoms with Gasteiger partial charge in [-0.1, -0.05) is 6.07 Å². The Morgan fingerprint density at radius 2 is 1.79 bits per heavy atom. The van der Waals surface area contributed by atoms with Crippen LogP contribution in [0, 0.1) is 5.82 Å². The van der Waals surface area contributed by atoms with Crippen molar-refractivity contribution in [1.29, 1.82) is 0 Å². The predicted molar refractivity (Wildman–Crippen MR) is 114 cm³/mol. The molecule has 0 saturated heterocycles. The monoisotopic (exact) mass is 505 g/mol. The van der Waals surface area contributed by atoms with Crippen molar-refractivity contribution in [2.75, 3.05) is 5.32 Å². The summed E-state index contributed by atoms with van der Waals surface area (Å²) < 4.78 is 82.8. The smallest absolute Gasteiger partial charge is 0.433 e. The number of aromatic nitrogens is 1. The number of halogens is 4. The number of benzene rings is 1. The highest BCUT2D eigenvalue weighted by Crippen LogP contribution is 2.32. The van der Waals surface area contributed by atoms with E-state index in [9.17, 15) is 30.8 Å². The highest BCUT2D eigenvalue weighted by atomic mass is 32.2. The highest BCUT2D eigenvalue weighted by molar-refractivity contribution is 7.87. The number of pyridine rings is 1. The Morgan fingerprint density at radius 1 is 1.12 bits per heavy atom. The molecule has 0 radical (unpaired) electrons. The number of hydrogen-bond donors (Lipinski definition) is 4. The van der Waals surface area contributed by atoms with Crippen LogP contribution in [0.5, 0.6) is 5.88 Å². The third-order valence-corrected chi connectivity index (χ3v) is 5.57. The van der Waals surface area contributed by atoms with Gasteiger partial charge in [-0.3, -0.25) is 0 Å². The molecule has 0 atom stereocenters. The van der Waals surface area contributed by atoms with Crippen LogP contribution >= 0.6 is 0 Å². The van der Waals surface area contributed by atoms with Crippen LogP contribution < -0.4 is 25.2 Å². The molecule has 1 aliphatic rings. The Balaban J connectivity index is 1.64. The minimum Gasteiger partial charge on any atom is -0.474 e. The zero-order valence-electron chi connectivity index (χ0n) is 17.8. The Morgan fingerprint density at radius 3 is 2.41 bits per heavy atom. The molecule has 1 aromatic heterocycles. The number of rotatable bonds is 8. The maximum absolute atomic E-state index is 14.1. The molecule has 1 fully saturated rings. The first-order valence-corrected chi connectivity index (χ1v) is 11.8. The summed E-state index contributed by atoms with van der Waals surface area (Å²) in [5.41, 5.74) is -0.765. The summed E-state index contributed by atoms with van der Waals surface area (Å²) in [6.45, 7) is -0.556. The van der Waals surface area contributed by atoms with E-state index in [1.807, 2.05) is 4.72 Å². The fourth-order valence-corrected chi connectivity index (χ4v) is 3.68. The molecule has 34 heavy (non-hydrogen) atoms. The van der Waals surface area contributed by atoms with Crippen molar-refractivity contribution >= 4 is 21.9 Å². The van der Waals surface area contributed by atoms with Crippen molar-refractivity contribution in [3.63, 3.8) is 0 Å². The van der Waals surface area contributed by atoms with E-state index in [1.54, 1.807) is 0 Å². The van der Waals surface area contributed by atoms with Crippen LogP contribution in [0.25, 0.3) is 0 Å². The number of alkyl halides is 3. The van der Waals surface area contributed by atoms with Crippen LogP contribution in [0.2, 0.25) is 0 Å². The lowest BCUT2D eigenvalue weighted by Crippen LogP contribution is -2.30. The van der Waals surface area contributed by atoms with E-state index in [-0.39, 0.29) is 41.9 Å². The van der Waals surface area contributed by atoms with E-state index < -0.39 is 33.9 Å². The zero-order chi connectivity index (χ0) is 24.9. The number of hydrogen-bond acceptors (Lipinski definition) is 5. The van der Waals surface area contributed by atoms with Gasteiger partial charge in [-0.05, 0) is 49.9 Å². The molecule has 3 rings (SSSR count). The molecule has 1 saturated carbocycles. The first-order valence-electron chi connectivity index (χ1n) is 10.2. The van der Waals surface area contributed by atoms with Crippen molar-refractivity contribution < 1.29 is 35.5 Å². The van der Waals surface area contributed by atoms with Gasteiger partial charge in [0.2, 0.25) is 5.88 Å². The SMILES string of the molecule is NS(=O)(=O)NCc1ccc(NC(=O)NCc2ccc(C(F)(F)F)nc2OC2CCCC2)cc1F.